The van der Waals surface area contributed by atoms with Gasteiger partial charge < -0.3 is 4.42 Å². The number of benzene rings is 5. The van der Waals surface area contributed by atoms with Gasteiger partial charge in [0.2, 0.25) is 5.89 Å². The van der Waals surface area contributed by atoms with Crippen LogP contribution >= 0.6 is 0 Å². The van der Waals surface area contributed by atoms with Crippen LogP contribution in [0.2, 0.25) is 0 Å². The first-order valence-corrected chi connectivity index (χ1v) is 13.4. The molecular weight excluding hydrogens is 474 g/mol. The third-order valence-corrected chi connectivity index (χ3v) is 7.12. The third-order valence-electron chi connectivity index (χ3n) is 7.12. The van der Waals surface area contributed by atoms with Crippen LogP contribution in [-0.4, -0.2) is 4.98 Å². The van der Waals surface area contributed by atoms with Crippen molar-refractivity contribution in [2.75, 3.05) is 0 Å². The molecule has 0 saturated carbocycles. The Hall–Kier alpha value is -4.69. The summed E-state index contributed by atoms with van der Waals surface area (Å²) >= 11 is 0. The largest absolute Gasteiger partial charge is 0.436 e. The van der Waals surface area contributed by atoms with Gasteiger partial charge in [0.05, 0.1) is 0 Å². The van der Waals surface area contributed by atoms with Gasteiger partial charge in [0.15, 0.2) is 5.58 Å². The molecule has 1 heterocycles. The van der Waals surface area contributed by atoms with Gasteiger partial charge >= 0.3 is 0 Å². The van der Waals surface area contributed by atoms with Gasteiger partial charge in [-0.15, -0.1) is 0 Å². The Morgan fingerprint density at radius 1 is 0.564 bits per heavy atom. The molecule has 5 aromatic carbocycles. The highest BCUT2D eigenvalue weighted by Gasteiger charge is 2.24. The number of oxazole rings is 1. The second-order valence-corrected chi connectivity index (χ2v) is 10.8. The number of nitrogens with zero attached hydrogens (tertiary/aromatic N) is 1. The van der Waals surface area contributed by atoms with Gasteiger partial charge in [0.1, 0.15) is 5.52 Å². The Labute approximate surface area is 230 Å². The summed E-state index contributed by atoms with van der Waals surface area (Å²) in [5.74, 6) is 0.631. The van der Waals surface area contributed by atoms with Crippen LogP contribution in [0, 0.1) is 0 Å². The summed E-state index contributed by atoms with van der Waals surface area (Å²) in [5, 5.41) is 0. The van der Waals surface area contributed by atoms with Crippen LogP contribution in [0.4, 0.5) is 0 Å². The summed E-state index contributed by atoms with van der Waals surface area (Å²) in [6, 6.07) is 46.7. The highest BCUT2D eigenvalue weighted by atomic mass is 16.3. The molecule has 6 rings (SSSR count). The second-order valence-electron chi connectivity index (χ2n) is 10.8. The van der Waals surface area contributed by atoms with Crippen LogP contribution in [0.25, 0.3) is 33.7 Å². The Kier molecular flexibility index (Phi) is 6.46. The van der Waals surface area contributed by atoms with E-state index in [1.807, 2.05) is 24.3 Å². The predicted octanol–water partition coefficient (Wildman–Crippen LogP) is 9.80. The summed E-state index contributed by atoms with van der Waals surface area (Å²) in [6.07, 6.45) is 0. The lowest BCUT2D eigenvalue weighted by Gasteiger charge is -2.23. The molecular formula is C37H31NO. The summed E-state index contributed by atoms with van der Waals surface area (Å²) in [5.41, 5.74) is 10.7. The van der Waals surface area contributed by atoms with Gasteiger partial charge in [-0.2, -0.15) is 0 Å². The van der Waals surface area contributed by atoms with Crippen LogP contribution < -0.4 is 0 Å². The zero-order valence-corrected chi connectivity index (χ0v) is 22.6. The molecule has 0 spiro atoms. The number of rotatable bonds is 5. The average molecular weight is 506 g/mol. The molecule has 0 bridgehead atoms. The Balaban J connectivity index is 1.74. The number of fused-ring (bicyclic) bond motifs is 1. The lowest BCUT2D eigenvalue weighted by Crippen LogP contribution is -2.11. The Morgan fingerprint density at radius 3 is 1.62 bits per heavy atom. The molecule has 0 amide bonds. The van der Waals surface area contributed by atoms with E-state index in [1.165, 1.54) is 11.1 Å². The monoisotopic (exact) mass is 505 g/mol. The minimum absolute atomic E-state index is 0.0301. The molecule has 1 aromatic heterocycles. The predicted molar refractivity (Wildman–Crippen MR) is 162 cm³/mol. The van der Waals surface area contributed by atoms with Crippen molar-refractivity contribution in [1.29, 1.82) is 0 Å². The molecule has 0 saturated heterocycles. The summed E-state index contributed by atoms with van der Waals surface area (Å²) < 4.78 is 6.41. The molecule has 0 fully saturated rings. The van der Waals surface area contributed by atoms with Crippen LogP contribution in [0.5, 0.6) is 0 Å². The number of hydrogen-bond donors (Lipinski definition) is 0. The molecule has 0 aliphatic rings. The van der Waals surface area contributed by atoms with E-state index in [0.717, 1.165) is 44.5 Å². The van der Waals surface area contributed by atoms with Gasteiger partial charge in [-0.25, -0.2) is 4.98 Å². The lowest BCUT2D eigenvalue weighted by atomic mass is 9.80. The fourth-order valence-corrected chi connectivity index (χ4v) is 5.10. The minimum atomic E-state index is -0.0301. The highest BCUT2D eigenvalue weighted by molar-refractivity contribution is 6.07. The van der Waals surface area contributed by atoms with Crippen LogP contribution in [0.15, 0.2) is 138 Å². The van der Waals surface area contributed by atoms with Crippen molar-refractivity contribution in [1.82, 2.24) is 4.98 Å². The van der Waals surface area contributed by atoms with Crippen molar-refractivity contribution in [3.05, 3.63) is 161 Å². The summed E-state index contributed by atoms with van der Waals surface area (Å²) in [7, 11) is 0. The van der Waals surface area contributed by atoms with Crippen molar-refractivity contribution in [3.63, 3.8) is 0 Å². The molecule has 0 atom stereocenters. The van der Waals surface area contributed by atoms with E-state index in [1.54, 1.807) is 0 Å². The minimum Gasteiger partial charge on any atom is -0.436 e. The third kappa shape index (κ3) is 4.94. The van der Waals surface area contributed by atoms with Gasteiger partial charge in [-0.05, 0) is 62.6 Å². The number of hydrogen-bond acceptors (Lipinski definition) is 2. The van der Waals surface area contributed by atoms with Crippen molar-refractivity contribution in [2.24, 2.45) is 0 Å². The van der Waals surface area contributed by atoms with Crippen molar-refractivity contribution >= 4 is 22.2 Å². The second kappa shape index (κ2) is 10.2. The molecule has 190 valence electrons. The SMILES string of the molecule is CC(C)(C)c1ccc(C(=C(c2ccccc2)c2ccccc2)c2ccccc2)c(-c2nc3ccccc3o2)c1. The first kappa shape index (κ1) is 24.6. The topological polar surface area (TPSA) is 26.0 Å². The van der Waals surface area contributed by atoms with Crippen LogP contribution in [0.3, 0.4) is 0 Å². The standard InChI is InChI=1S/C37H31NO/c1-37(2,3)29-23-24-30(31(25-29)36-38-32-21-13-14-22-33(32)39-36)35(28-19-11-6-12-20-28)34(26-15-7-4-8-16-26)27-17-9-5-10-18-27/h4-25H,1-3H3. The first-order chi connectivity index (χ1) is 19.0. The van der Waals surface area contributed by atoms with Gasteiger partial charge in [-0.1, -0.05) is 136 Å². The van der Waals surface area contributed by atoms with Crippen molar-refractivity contribution < 1.29 is 4.42 Å². The zero-order chi connectivity index (χ0) is 26.8. The average Bonchev–Trinajstić information content (AvgIpc) is 3.41. The molecule has 2 nitrogen and oxygen atoms in total. The van der Waals surface area contributed by atoms with E-state index >= 15 is 0 Å². The van der Waals surface area contributed by atoms with Gasteiger partial charge in [0, 0.05) is 5.56 Å². The van der Waals surface area contributed by atoms with Gasteiger partial charge in [-0.3, -0.25) is 0 Å². The maximum absolute atomic E-state index is 6.41. The summed E-state index contributed by atoms with van der Waals surface area (Å²) in [4.78, 5) is 4.96. The lowest BCUT2D eigenvalue weighted by molar-refractivity contribution is 0.588. The quantitative estimate of drug-likeness (QED) is 0.218. The maximum atomic E-state index is 6.41. The fraction of sp³-hybridized carbons (Fsp3) is 0.108. The first-order valence-electron chi connectivity index (χ1n) is 13.4. The van der Waals surface area contributed by atoms with Crippen LogP contribution in [-0.2, 0) is 5.41 Å². The molecule has 2 heteroatoms. The number of para-hydroxylation sites is 2. The summed E-state index contributed by atoms with van der Waals surface area (Å²) in [6.45, 7) is 6.72. The van der Waals surface area contributed by atoms with E-state index < -0.39 is 0 Å². The normalized spacial score (nSPS) is 11.5. The van der Waals surface area contributed by atoms with E-state index in [9.17, 15) is 0 Å². The molecule has 39 heavy (non-hydrogen) atoms. The molecule has 0 unspecified atom stereocenters. The fourth-order valence-electron chi connectivity index (χ4n) is 5.10. The van der Waals surface area contributed by atoms with E-state index in [-0.39, 0.29) is 5.41 Å². The Bertz CT molecular complexity index is 1680. The highest BCUT2D eigenvalue weighted by Crippen LogP contribution is 2.42. The van der Waals surface area contributed by atoms with E-state index in [2.05, 4.69) is 130 Å². The maximum Gasteiger partial charge on any atom is 0.227 e. The van der Waals surface area contributed by atoms with E-state index in [0.29, 0.717) is 5.89 Å². The Morgan fingerprint density at radius 2 is 1.08 bits per heavy atom. The van der Waals surface area contributed by atoms with Crippen molar-refractivity contribution in [2.45, 2.75) is 26.2 Å². The van der Waals surface area contributed by atoms with E-state index in [4.69, 9.17) is 9.40 Å². The smallest absolute Gasteiger partial charge is 0.227 e. The molecule has 0 radical (unpaired) electrons. The molecule has 0 aliphatic carbocycles. The number of aromatic nitrogens is 1. The van der Waals surface area contributed by atoms with Crippen molar-refractivity contribution in [3.8, 4) is 11.5 Å². The molecule has 6 aromatic rings. The van der Waals surface area contributed by atoms with Crippen LogP contribution in [0.1, 0.15) is 48.6 Å². The zero-order valence-electron chi connectivity index (χ0n) is 22.6. The molecule has 0 N–H and O–H groups in total. The van der Waals surface area contributed by atoms with Gasteiger partial charge in [0.25, 0.3) is 0 Å². The molecule has 0 aliphatic heterocycles.